The Labute approximate surface area is 68.6 Å². The van der Waals surface area contributed by atoms with E-state index >= 15 is 0 Å². The fourth-order valence-electron chi connectivity index (χ4n) is 1.41. The molecule has 0 bridgehead atoms. The van der Waals surface area contributed by atoms with Gasteiger partial charge in [-0.1, -0.05) is 26.2 Å². The molecular weight excluding hydrogens is 140 g/mol. The normalized spacial score (nSPS) is 28.9. The fraction of sp³-hybridized carbons (Fsp3) is 1.00. The molecule has 1 aliphatic heterocycles. The first-order valence-corrected chi connectivity index (χ1v) is 4.64. The summed E-state index contributed by atoms with van der Waals surface area (Å²) in [4.78, 5) is 0. The topological polar surface area (TPSA) is 32.8 Å². The molecule has 2 nitrogen and oxygen atoms in total. The first kappa shape index (κ1) is 9.01. The van der Waals surface area contributed by atoms with Crippen molar-refractivity contribution in [1.82, 2.24) is 0 Å². The predicted octanol–water partition coefficient (Wildman–Crippen LogP) is 1.72. The van der Waals surface area contributed by atoms with Crippen LogP contribution in [0.5, 0.6) is 0 Å². The number of ether oxygens (including phenoxy) is 1. The van der Waals surface area contributed by atoms with Gasteiger partial charge in [-0.05, 0) is 12.8 Å². The van der Waals surface area contributed by atoms with E-state index in [-0.39, 0.29) is 6.61 Å². The number of hydrogen-bond acceptors (Lipinski definition) is 2. The van der Waals surface area contributed by atoms with Gasteiger partial charge in [0.25, 0.3) is 0 Å². The molecule has 0 aromatic carbocycles. The highest BCUT2D eigenvalue weighted by molar-refractivity contribution is 4.83. The Bertz CT molecular complexity index is 104. The maximum absolute atomic E-state index is 8.59. The summed E-state index contributed by atoms with van der Waals surface area (Å²) in [5.41, 5.74) is 0. The first-order chi connectivity index (χ1) is 5.38. The summed E-state index contributed by atoms with van der Waals surface area (Å²) < 4.78 is 5.34. The summed E-state index contributed by atoms with van der Waals surface area (Å²) in [5, 5.41) is 8.59. The van der Waals surface area contributed by atoms with Crippen LogP contribution in [0.25, 0.3) is 0 Å². The van der Waals surface area contributed by atoms with E-state index in [2.05, 4.69) is 6.92 Å². The number of unbranched alkanes of at least 4 members (excludes halogenated alkanes) is 2. The average Bonchev–Trinajstić information content (AvgIpc) is 2.70. The van der Waals surface area contributed by atoms with Gasteiger partial charge in [0.15, 0.2) is 0 Å². The highest BCUT2D eigenvalue weighted by atomic mass is 16.6. The van der Waals surface area contributed by atoms with E-state index in [1.807, 2.05) is 0 Å². The molecular formula is C9H18O2. The van der Waals surface area contributed by atoms with Crippen LogP contribution < -0.4 is 0 Å². The van der Waals surface area contributed by atoms with Crippen LogP contribution in [0.3, 0.4) is 0 Å². The molecule has 0 aromatic rings. The molecule has 66 valence electrons. The summed E-state index contributed by atoms with van der Waals surface area (Å²) in [6.07, 6.45) is 6.76. The van der Waals surface area contributed by atoms with E-state index in [0.717, 1.165) is 6.42 Å². The molecule has 0 aliphatic carbocycles. The molecule has 2 heteroatoms. The predicted molar refractivity (Wildman–Crippen MR) is 44.5 cm³/mol. The Kier molecular flexibility index (Phi) is 3.87. The van der Waals surface area contributed by atoms with Gasteiger partial charge >= 0.3 is 0 Å². The van der Waals surface area contributed by atoms with Crippen LogP contribution in [0.4, 0.5) is 0 Å². The molecule has 1 N–H and O–H groups in total. The van der Waals surface area contributed by atoms with Crippen LogP contribution in [0.1, 0.15) is 39.0 Å². The second-order valence-electron chi connectivity index (χ2n) is 3.22. The Hall–Kier alpha value is -0.0800. The van der Waals surface area contributed by atoms with E-state index in [4.69, 9.17) is 9.84 Å². The Morgan fingerprint density at radius 3 is 2.55 bits per heavy atom. The number of epoxide rings is 1. The smallest absolute Gasteiger partial charge is 0.0863 e. The lowest BCUT2D eigenvalue weighted by atomic mass is 10.1. The van der Waals surface area contributed by atoms with Crippen molar-refractivity contribution in [1.29, 1.82) is 0 Å². The maximum Gasteiger partial charge on any atom is 0.0863 e. The lowest BCUT2D eigenvalue weighted by Gasteiger charge is -1.93. The lowest BCUT2D eigenvalue weighted by molar-refractivity contribution is 0.262. The van der Waals surface area contributed by atoms with E-state index in [1.165, 1.54) is 25.7 Å². The molecule has 1 saturated heterocycles. The zero-order chi connectivity index (χ0) is 8.10. The van der Waals surface area contributed by atoms with Crippen molar-refractivity contribution in [2.45, 2.75) is 51.2 Å². The first-order valence-electron chi connectivity index (χ1n) is 4.64. The molecule has 1 aliphatic rings. The molecule has 11 heavy (non-hydrogen) atoms. The Morgan fingerprint density at radius 1 is 1.18 bits per heavy atom. The molecule has 0 radical (unpaired) electrons. The minimum atomic E-state index is 0.273. The monoisotopic (exact) mass is 158 g/mol. The molecule has 1 rings (SSSR count). The van der Waals surface area contributed by atoms with Crippen LogP contribution in [0.15, 0.2) is 0 Å². The van der Waals surface area contributed by atoms with Gasteiger partial charge in [-0.15, -0.1) is 0 Å². The molecule has 0 aromatic heterocycles. The standard InChI is InChI=1S/C9H18O2/c1-2-3-4-5-8-9(11-8)6-7-10/h8-10H,2-7H2,1H3/t8-,9-/m1/s1. The van der Waals surface area contributed by atoms with Gasteiger partial charge < -0.3 is 9.84 Å². The van der Waals surface area contributed by atoms with Gasteiger partial charge in [0.05, 0.1) is 12.2 Å². The van der Waals surface area contributed by atoms with Crippen molar-refractivity contribution in [2.75, 3.05) is 6.61 Å². The summed E-state index contributed by atoms with van der Waals surface area (Å²) in [6, 6.07) is 0. The molecule has 1 heterocycles. The molecule has 2 atom stereocenters. The van der Waals surface area contributed by atoms with Crippen LogP contribution in [0.2, 0.25) is 0 Å². The third kappa shape index (κ3) is 3.21. The molecule has 0 unspecified atom stereocenters. The van der Waals surface area contributed by atoms with Gasteiger partial charge in [0, 0.05) is 6.61 Å². The van der Waals surface area contributed by atoms with E-state index in [9.17, 15) is 0 Å². The van der Waals surface area contributed by atoms with Gasteiger partial charge in [-0.2, -0.15) is 0 Å². The van der Waals surface area contributed by atoms with E-state index in [1.54, 1.807) is 0 Å². The zero-order valence-electron chi connectivity index (χ0n) is 7.25. The van der Waals surface area contributed by atoms with Crippen molar-refractivity contribution in [3.63, 3.8) is 0 Å². The number of aliphatic hydroxyl groups excluding tert-OH is 1. The average molecular weight is 158 g/mol. The number of aliphatic hydroxyl groups is 1. The number of rotatable bonds is 6. The minimum Gasteiger partial charge on any atom is -0.396 e. The lowest BCUT2D eigenvalue weighted by Crippen LogP contribution is -1.96. The van der Waals surface area contributed by atoms with Gasteiger partial charge in [-0.3, -0.25) is 0 Å². The SMILES string of the molecule is CCCCC[C@H]1O[C@@H]1CCO. The summed E-state index contributed by atoms with van der Waals surface area (Å²) in [6.45, 7) is 2.48. The molecule has 1 fully saturated rings. The summed E-state index contributed by atoms with van der Waals surface area (Å²) >= 11 is 0. The van der Waals surface area contributed by atoms with E-state index in [0.29, 0.717) is 12.2 Å². The van der Waals surface area contributed by atoms with Crippen molar-refractivity contribution in [2.24, 2.45) is 0 Å². The fourth-order valence-corrected chi connectivity index (χ4v) is 1.41. The quantitative estimate of drug-likeness (QED) is 0.471. The van der Waals surface area contributed by atoms with Crippen molar-refractivity contribution < 1.29 is 9.84 Å². The van der Waals surface area contributed by atoms with Gasteiger partial charge in [0.2, 0.25) is 0 Å². The van der Waals surface area contributed by atoms with Gasteiger partial charge in [-0.25, -0.2) is 0 Å². The molecule has 0 saturated carbocycles. The largest absolute Gasteiger partial charge is 0.396 e. The van der Waals surface area contributed by atoms with Crippen molar-refractivity contribution in [3.8, 4) is 0 Å². The highest BCUT2D eigenvalue weighted by Gasteiger charge is 2.36. The van der Waals surface area contributed by atoms with Crippen LogP contribution in [0, 0.1) is 0 Å². The maximum atomic E-state index is 8.59. The molecule has 0 spiro atoms. The third-order valence-electron chi connectivity index (χ3n) is 2.19. The van der Waals surface area contributed by atoms with Crippen LogP contribution >= 0.6 is 0 Å². The summed E-state index contributed by atoms with van der Waals surface area (Å²) in [7, 11) is 0. The van der Waals surface area contributed by atoms with Crippen LogP contribution in [-0.2, 0) is 4.74 Å². The van der Waals surface area contributed by atoms with E-state index < -0.39 is 0 Å². The zero-order valence-corrected chi connectivity index (χ0v) is 7.25. The number of hydrogen-bond donors (Lipinski definition) is 1. The minimum absolute atomic E-state index is 0.273. The second kappa shape index (κ2) is 4.73. The highest BCUT2D eigenvalue weighted by Crippen LogP contribution is 2.29. The van der Waals surface area contributed by atoms with Crippen LogP contribution in [-0.4, -0.2) is 23.9 Å². The van der Waals surface area contributed by atoms with Crippen molar-refractivity contribution >= 4 is 0 Å². The summed E-state index contributed by atoms with van der Waals surface area (Å²) in [5.74, 6) is 0. The Balaban J connectivity index is 1.87. The third-order valence-corrected chi connectivity index (χ3v) is 2.19. The van der Waals surface area contributed by atoms with Crippen molar-refractivity contribution in [3.05, 3.63) is 0 Å². The molecule has 0 amide bonds. The van der Waals surface area contributed by atoms with Gasteiger partial charge in [0.1, 0.15) is 0 Å². The second-order valence-corrected chi connectivity index (χ2v) is 3.22. The Morgan fingerprint density at radius 2 is 1.91 bits per heavy atom.